The summed E-state index contributed by atoms with van der Waals surface area (Å²) < 4.78 is 16.2. The molecule has 0 spiro atoms. The number of thioether (sulfide) groups is 1. The third-order valence-electron chi connectivity index (χ3n) is 3.16. The van der Waals surface area contributed by atoms with Crippen LogP contribution in [0.1, 0.15) is 12.0 Å². The summed E-state index contributed by atoms with van der Waals surface area (Å²) in [7, 11) is 2.57. The van der Waals surface area contributed by atoms with E-state index in [4.69, 9.17) is 13.3 Å². The lowest BCUT2D eigenvalue weighted by Gasteiger charge is -2.24. The van der Waals surface area contributed by atoms with Crippen LogP contribution in [0.25, 0.3) is 5.57 Å². The second kappa shape index (κ2) is 9.36. The molecule has 0 atom stereocenters. The maximum atomic E-state index is 5.40. The Kier molecular flexibility index (Phi) is 8.17. The minimum Gasteiger partial charge on any atom is -0.377 e. The molecule has 0 aromatic heterocycles. The second-order valence-electron chi connectivity index (χ2n) is 4.42. The first-order valence-corrected chi connectivity index (χ1v) is 9.72. The zero-order valence-electron chi connectivity index (χ0n) is 12.6. The van der Waals surface area contributed by atoms with Gasteiger partial charge in [-0.2, -0.15) is 11.8 Å². The van der Waals surface area contributed by atoms with Crippen LogP contribution in [0.15, 0.2) is 36.9 Å². The molecule has 5 heteroatoms. The summed E-state index contributed by atoms with van der Waals surface area (Å²) in [5, 5.41) is 0. The van der Waals surface area contributed by atoms with E-state index in [1.807, 2.05) is 30.0 Å². The molecule has 0 unspecified atom stereocenters. The lowest BCUT2D eigenvalue weighted by molar-refractivity contribution is 0.123. The molecule has 0 bridgehead atoms. The first-order valence-electron chi connectivity index (χ1n) is 6.64. The number of hydrogen-bond donors (Lipinski definition) is 0. The largest absolute Gasteiger partial charge is 0.500 e. The summed E-state index contributed by atoms with van der Waals surface area (Å²) in [6, 6.07) is 11.2. The molecule has 0 aliphatic heterocycles. The Hall–Kier alpha value is -0.593. The average molecular weight is 313 g/mol. The van der Waals surface area contributed by atoms with Gasteiger partial charge in [0.25, 0.3) is 0 Å². The Balaban J connectivity index is 2.24. The Morgan fingerprint density at radius 1 is 1.10 bits per heavy atom. The van der Waals surface area contributed by atoms with Gasteiger partial charge < -0.3 is 13.3 Å². The summed E-state index contributed by atoms with van der Waals surface area (Å²) in [6.07, 6.45) is 1.02. The van der Waals surface area contributed by atoms with E-state index in [0.717, 1.165) is 24.0 Å². The van der Waals surface area contributed by atoms with E-state index < -0.39 is 8.80 Å². The molecular formula is C15H24O3SSi. The molecule has 20 heavy (non-hydrogen) atoms. The fourth-order valence-electron chi connectivity index (χ4n) is 1.90. The van der Waals surface area contributed by atoms with E-state index in [9.17, 15) is 0 Å². The van der Waals surface area contributed by atoms with Crippen LogP contribution in [0.2, 0.25) is 6.04 Å². The quantitative estimate of drug-likeness (QED) is 0.486. The number of rotatable bonds is 10. The highest BCUT2D eigenvalue weighted by molar-refractivity contribution is 7.99. The van der Waals surface area contributed by atoms with Crippen molar-refractivity contribution in [3.8, 4) is 0 Å². The van der Waals surface area contributed by atoms with Crippen LogP contribution in [-0.2, 0) is 13.3 Å². The van der Waals surface area contributed by atoms with E-state index in [1.165, 1.54) is 11.1 Å². The molecule has 112 valence electrons. The van der Waals surface area contributed by atoms with Crippen LogP contribution in [0.5, 0.6) is 0 Å². The van der Waals surface area contributed by atoms with Crippen molar-refractivity contribution in [1.29, 1.82) is 0 Å². The molecule has 3 nitrogen and oxygen atoms in total. The van der Waals surface area contributed by atoms with Gasteiger partial charge >= 0.3 is 8.80 Å². The van der Waals surface area contributed by atoms with Crippen LogP contribution in [0.4, 0.5) is 0 Å². The van der Waals surface area contributed by atoms with Gasteiger partial charge in [-0.05, 0) is 23.3 Å². The smallest absolute Gasteiger partial charge is 0.377 e. The fraction of sp³-hybridized carbons (Fsp3) is 0.467. The van der Waals surface area contributed by atoms with Crippen LogP contribution < -0.4 is 0 Å². The monoisotopic (exact) mass is 312 g/mol. The highest BCUT2D eigenvalue weighted by Crippen LogP contribution is 2.21. The lowest BCUT2D eigenvalue weighted by atomic mass is 10.1. The normalized spacial score (nSPS) is 11.6. The SMILES string of the molecule is C=C(CSCCC[Si](OC)(OC)OC)c1ccccc1. The van der Waals surface area contributed by atoms with Crippen molar-refractivity contribution in [3.05, 3.63) is 42.5 Å². The molecule has 0 aliphatic carbocycles. The minimum atomic E-state index is -2.39. The lowest BCUT2D eigenvalue weighted by Crippen LogP contribution is -2.42. The molecular weight excluding hydrogens is 288 g/mol. The molecule has 0 N–H and O–H groups in total. The van der Waals surface area contributed by atoms with Crippen LogP contribution in [0.3, 0.4) is 0 Å². The van der Waals surface area contributed by atoms with Crippen LogP contribution in [0, 0.1) is 0 Å². The van der Waals surface area contributed by atoms with Crippen molar-refractivity contribution in [2.45, 2.75) is 12.5 Å². The summed E-state index contributed by atoms with van der Waals surface area (Å²) in [5.41, 5.74) is 2.39. The summed E-state index contributed by atoms with van der Waals surface area (Å²) >= 11 is 1.88. The molecule has 1 rings (SSSR count). The Labute approximate surface area is 127 Å². The standard InChI is InChI=1S/C15H24O3SSi/c1-14(15-9-6-5-7-10-15)13-19-11-8-12-20(16-2,17-3)18-4/h5-7,9-10H,1,8,11-13H2,2-4H3. The Bertz CT molecular complexity index is 385. The number of benzene rings is 1. The molecule has 0 saturated heterocycles. The van der Waals surface area contributed by atoms with Gasteiger partial charge in [-0.3, -0.25) is 0 Å². The highest BCUT2D eigenvalue weighted by atomic mass is 32.2. The molecule has 1 aromatic rings. The fourth-order valence-corrected chi connectivity index (χ4v) is 4.78. The third kappa shape index (κ3) is 5.42. The summed E-state index contributed by atoms with van der Waals surface area (Å²) in [6.45, 7) is 4.13. The zero-order valence-corrected chi connectivity index (χ0v) is 14.4. The molecule has 1 aromatic carbocycles. The molecule has 0 amide bonds. The second-order valence-corrected chi connectivity index (χ2v) is 8.62. The van der Waals surface area contributed by atoms with E-state index in [-0.39, 0.29) is 0 Å². The van der Waals surface area contributed by atoms with Gasteiger partial charge in [-0.1, -0.05) is 36.9 Å². The zero-order chi connectivity index (χ0) is 14.8. The Morgan fingerprint density at radius 3 is 2.25 bits per heavy atom. The highest BCUT2D eigenvalue weighted by Gasteiger charge is 2.36. The van der Waals surface area contributed by atoms with E-state index in [2.05, 4.69) is 18.7 Å². The van der Waals surface area contributed by atoms with Crippen molar-refractivity contribution in [2.24, 2.45) is 0 Å². The number of hydrogen-bond acceptors (Lipinski definition) is 4. The summed E-state index contributed by atoms with van der Waals surface area (Å²) in [4.78, 5) is 0. The van der Waals surface area contributed by atoms with Gasteiger partial charge in [-0.25, -0.2) is 0 Å². The van der Waals surface area contributed by atoms with Gasteiger partial charge in [-0.15, -0.1) is 0 Å². The minimum absolute atomic E-state index is 0.849. The third-order valence-corrected chi connectivity index (χ3v) is 7.12. The molecule has 0 saturated carbocycles. The van der Waals surface area contributed by atoms with Gasteiger partial charge in [0.15, 0.2) is 0 Å². The van der Waals surface area contributed by atoms with Gasteiger partial charge in [0, 0.05) is 33.1 Å². The van der Waals surface area contributed by atoms with Crippen molar-refractivity contribution >= 4 is 26.1 Å². The van der Waals surface area contributed by atoms with Crippen molar-refractivity contribution < 1.29 is 13.3 Å². The van der Waals surface area contributed by atoms with Crippen LogP contribution in [-0.4, -0.2) is 41.6 Å². The van der Waals surface area contributed by atoms with Gasteiger partial charge in [0.1, 0.15) is 0 Å². The first kappa shape index (κ1) is 17.5. The van der Waals surface area contributed by atoms with Crippen molar-refractivity contribution in [3.63, 3.8) is 0 Å². The first-order chi connectivity index (χ1) is 9.67. The molecule has 0 fully saturated rings. The molecule has 0 radical (unpaired) electrons. The molecule has 0 heterocycles. The van der Waals surface area contributed by atoms with E-state index in [0.29, 0.717) is 0 Å². The van der Waals surface area contributed by atoms with Crippen LogP contribution >= 0.6 is 11.8 Å². The van der Waals surface area contributed by atoms with E-state index >= 15 is 0 Å². The van der Waals surface area contributed by atoms with Gasteiger partial charge in [0.2, 0.25) is 0 Å². The predicted molar refractivity (Wildman–Crippen MR) is 89.0 cm³/mol. The summed E-state index contributed by atoms with van der Waals surface area (Å²) in [5.74, 6) is 2.00. The maximum absolute atomic E-state index is 5.40. The van der Waals surface area contributed by atoms with Crippen molar-refractivity contribution in [2.75, 3.05) is 32.8 Å². The van der Waals surface area contributed by atoms with Gasteiger partial charge in [0.05, 0.1) is 0 Å². The van der Waals surface area contributed by atoms with Crippen molar-refractivity contribution in [1.82, 2.24) is 0 Å². The Morgan fingerprint density at radius 2 is 1.70 bits per heavy atom. The average Bonchev–Trinajstić information content (AvgIpc) is 2.52. The predicted octanol–water partition coefficient (Wildman–Crippen LogP) is 3.70. The molecule has 0 aliphatic rings. The topological polar surface area (TPSA) is 27.7 Å². The maximum Gasteiger partial charge on any atom is 0.500 e. The van der Waals surface area contributed by atoms with E-state index in [1.54, 1.807) is 21.3 Å².